The number of benzene rings is 1. The maximum Gasteiger partial charge on any atom is 0.416 e. The molecule has 1 aromatic carbocycles. The molecule has 148 valence electrons. The number of hydrogen-bond donors (Lipinski definition) is 2. The Morgan fingerprint density at radius 1 is 1.15 bits per heavy atom. The minimum Gasteiger partial charge on any atom is -0.481 e. The summed E-state index contributed by atoms with van der Waals surface area (Å²) >= 11 is 0. The van der Waals surface area contributed by atoms with E-state index >= 15 is 0 Å². The third-order valence-electron chi connectivity index (χ3n) is 3.45. The first kappa shape index (κ1) is 23.0. The van der Waals surface area contributed by atoms with Gasteiger partial charge in [-0.15, -0.1) is 24.0 Å². The summed E-state index contributed by atoms with van der Waals surface area (Å²) in [4.78, 5) is 8.62. The van der Waals surface area contributed by atoms with E-state index < -0.39 is 11.7 Å². The van der Waals surface area contributed by atoms with Gasteiger partial charge in [-0.3, -0.25) is 0 Å². The fraction of sp³-hybridized carbons (Fsp3) is 0.333. The molecule has 27 heavy (non-hydrogen) atoms. The molecule has 0 saturated carbocycles. The van der Waals surface area contributed by atoms with Gasteiger partial charge in [-0.05, 0) is 30.7 Å². The normalized spacial score (nSPS) is 11.5. The Morgan fingerprint density at radius 2 is 1.89 bits per heavy atom. The number of aliphatic imine (C=N–C) groups is 1. The number of alkyl halides is 3. The summed E-state index contributed by atoms with van der Waals surface area (Å²) in [6, 6.07) is 10.6. The Labute approximate surface area is 173 Å². The lowest BCUT2D eigenvalue weighted by Gasteiger charge is -2.12. The molecule has 2 rings (SSSR count). The van der Waals surface area contributed by atoms with Crippen molar-refractivity contribution in [1.82, 2.24) is 15.6 Å². The molecule has 1 heterocycles. The SMILES string of the molecule is CCNC(=NCc1cccc(C(F)(F)F)c1)NCc1cccc(OC)n1.I. The molecule has 0 saturated heterocycles. The van der Waals surface area contributed by atoms with Gasteiger partial charge < -0.3 is 15.4 Å². The summed E-state index contributed by atoms with van der Waals surface area (Å²) in [7, 11) is 1.54. The molecule has 0 bridgehead atoms. The largest absolute Gasteiger partial charge is 0.481 e. The highest BCUT2D eigenvalue weighted by Crippen LogP contribution is 2.29. The van der Waals surface area contributed by atoms with Gasteiger partial charge >= 0.3 is 6.18 Å². The Bertz CT molecular complexity index is 753. The molecular formula is C18H22F3IN4O. The molecule has 0 amide bonds. The van der Waals surface area contributed by atoms with E-state index in [0.717, 1.165) is 17.8 Å². The van der Waals surface area contributed by atoms with Crippen molar-refractivity contribution in [3.8, 4) is 5.88 Å². The first-order chi connectivity index (χ1) is 12.4. The molecule has 1 aromatic heterocycles. The molecule has 0 spiro atoms. The molecule has 0 fully saturated rings. The standard InChI is InChI=1S/C18H21F3N4O.HI/c1-3-22-17(24-12-15-8-5-9-16(25-15)26-2)23-11-13-6-4-7-14(10-13)18(19,20)21;/h4-10H,3,11-12H2,1-2H3,(H2,22,23,24);1H. The van der Waals surface area contributed by atoms with Gasteiger partial charge in [0.1, 0.15) is 0 Å². The highest BCUT2D eigenvalue weighted by atomic mass is 127. The van der Waals surface area contributed by atoms with Crippen molar-refractivity contribution >= 4 is 29.9 Å². The average molecular weight is 494 g/mol. The Hall–Kier alpha value is -2.04. The van der Waals surface area contributed by atoms with E-state index in [4.69, 9.17) is 4.74 Å². The zero-order valence-electron chi connectivity index (χ0n) is 15.0. The molecule has 0 aliphatic carbocycles. The number of hydrogen-bond acceptors (Lipinski definition) is 3. The zero-order chi connectivity index (χ0) is 19.0. The number of halogens is 4. The zero-order valence-corrected chi connectivity index (χ0v) is 17.3. The van der Waals surface area contributed by atoms with Crippen molar-refractivity contribution in [2.24, 2.45) is 4.99 Å². The average Bonchev–Trinajstić information content (AvgIpc) is 2.63. The van der Waals surface area contributed by atoms with E-state index in [1.54, 1.807) is 19.2 Å². The number of aromatic nitrogens is 1. The van der Waals surface area contributed by atoms with Gasteiger partial charge in [0.05, 0.1) is 31.5 Å². The van der Waals surface area contributed by atoms with Crippen LogP contribution in [0.1, 0.15) is 23.7 Å². The monoisotopic (exact) mass is 494 g/mol. The van der Waals surface area contributed by atoms with Crippen LogP contribution in [0.15, 0.2) is 47.5 Å². The number of rotatable bonds is 6. The summed E-state index contributed by atoms with van der Waals surface area (Å²) in [6.45, 7) is 3.07. The second-order valence-electron chi connectivity index (χ2n) is 5.42. The third kappa shape index (κ3) is 7.61. The molecule has 9 heteroatoms. The van der Waals surface area contributed by atoms with Crippen LogP contribution in [0.4, 0.5) is 13.2 Å². The van der Waals surface area contributed by atoms with Crippen LogP contribution in [-0.4, -0.2) is 24.6 Å². The number of nitrogens with zero attached hydrogens (tertiary/aromatic N) is 2. The maximum absolute atomic E-state index is 12.8. The van der Waals surface area contributed by atoms with Crippen molar-refractivity contribution in [2.75, 3.05) is 13.7 Å². The van der Waals surface area contributed by atoms with Crippen LogP contribution in [0.2, 0.25) is 0 Å². The highest BCUT2D eigenvalue weighted by Gasteiger charge is 2.30. The van der Waals surface area contributed by atoms with Crippen LogP contribution in [0, 0.1) is 0 Å². The van der Waals surface area contributed by atoms with Crippen molar-refractivity contribution in [3.63, 3.8) is 0 Å². The smallest absolute Gasteiger partial charge is 0.416 e. The van der Waals surface area contributed by atoms with E-state index in [1.807, 2.05) is 19.1 Å². The lowest BCUT2D eigenvalue weighted by Crippen LogP contribution is -2.37. The molecule has 0 aliphatic rings. The maximum atomic E-state index is 12.8. The van der Waals surface area contributed by atoms with Crippen LogP contribution in [0.25, 0.3) is 0 Å². The van der Waals surface area contributed by atoms with Gasteiger partial charge in [-0.1, -0.05) is 18.2 Å². The molecule has 2 N–H and O–H groups in total. The van der Waals surface area contributed by atoms with E-state index in [0.29, 0.717) is 30.5 Å². The van der Waals surface area contributed by atoms with Gasteiger partial charge in [0.2, 0.25) is 5.88 Å². The summed E-state index contributed by atoms with van der Waals surface area (Å²) < 4.78 is 43.4. The molecule has 2 aromatic rings. The number of guanidine groups is 1. The van der Waals surface area contributed by atoms with Crippen molar-refractivity contribution in [3.05, 3.63) is 59.3 Å². The molecule has 5 nitrogen and oxygen atoms in total. The van der Waals surface area contributed by atoms with Crippen LogP contribution >= 0.6 is 24.0 Å². The van der Waals surface area contributed by atoms with Crippen LogP contribution < -0.4 is 15.4 Å². The predicted molar refractivity (Wildman–Crippen MR) is 109 cm³/mol. The summed E-state index contributed by atoms with van der Waals surface area (Å²) in [6.07, 6.45) is -4.36. The number of ether oxygens (including phenoxy) is 1. The van der Waals surface area contributed by atoms with E-state index in [-0.39, 0.29) is 30.5 Å². The summed E-state index contributed by atoms with van der Waals surface area (Å²) in [5.41, 5.74) is 0.564. The fourth-order valence-corrected chi connectivity index (χ4v) is 2.20. The quantitative estimate of drug-likeness (QED) is 0.363. The molecule has 0 aliphatic heterocycles. The van der Waals surface area contributed by atoms with Gasteiger partial charge in [0.25, 0.3) is 0 Å². The lowest BCUT2D eigenvalue weighted by atomic mass is 10.1. The molecule has 0 radical (unpaired) electrons. The van der Waals surface area contributed by atoms with Crippen LogP contribution in [0.5, 0.6) is 5.88 Å². The van der Waals surface area contributed by atoms with E-state index in [9.17, 15) is 13.2 Å². The first-order valence-corrected chi connectivity index (χ1v) is 8.10. The van der Waals surface area contributed by atoms with Crippen LogP contribution in [0.3, 0.4) is 0 Å². The Kier molecular flexibility index (Phi) is 9.33. The highest BCUT2D eigenvalue weighted by molar-refractivity contribution is 14.0. The fourth-order valence-electron chi connectivity index (χ4n) is 2.20. The van der Waals surface area contributed by atoms with Crippen molar-refractivity contribution < 1.29 is 17.9 Å². The van der Waals surface area contributed by atoms with Crippen LogP contribution in [-0.2, 0) is 19.3 Å². The van der Waals surface area contributed by atoms with Gasteiger partial charge in [0.15, 0.2) is 5.96 Å². The third-order valence-corrected chi connectivity index (χ3v) is 3.45. The number of nitrogens with one attached hydrogen (secondary N) is 2. The van der Waals surface area contributed by atoms with E-state index in [1.165, 1.54) is 6.07 Å². The molecule has 0 atom stereocenters. The van der Waals surface area contributed by atoms with Crippen molar-refractivity contribution in [2.45, 2.75) is 26.2 Å². The number of methoxy groups -OCH3 is 1. The van der Waals surface area contributed by atoms with Gasteiger partial charge in [-0.25, -0.2) is 9.98 Å². The minimum absolute atomic E-state index is 0. The number of pyridine rings is 1. The topological polar surface area (TPSA) is 58.5 Å². The molecule has 0 unspecified atom stereocenters. The molecular weight excluding hydrogens is 472 g/mol. The minimum atomic E-state index is -4.36. The van der Waals surface area contributed by atoms with E-state index in [2.05, 4.69) is 20.6 Å². The Morgan fingerprint density at radius 3 is 2.56 bits per heavy atom. The second-order valence-corrected chi connectivity index (χ2v) is 5.42. The second kappa shape index (κ2) is 11.0. The Balaban J connectivity index is 0.00000364. The van der Waals surface area contributed by atoms with Crippen molar-refractivity contribution in [1.29, 1.82) is 0 Å². The summed E-state index contributed by atoms with van der Waals surface area (Å²) in [5, 5.41) is 6.16. The van der Waals surface area contributed by atoms with Gasteiger partial charge in [-0.2, -0.15) is 13.2 Å². The first-order valence-electron chi connectivity index (χ1n) is 8.10. The predicted octanol–water partition coefficient (Wildman–Crippen LogP) is 3.98. The lowest BCUT2D eigenvalue weighted by molar-refractivity contribution is -0.137. The summed E-state index contributed by atoms with van der Waals surface area (Å²) in [5.74, 6) is 1.00. The van der Waals surface area contributed by atoms with Gasteiger partial charge in [0, 0.05) is 12.6 Å².